The van der Waals surface area contributed by atoms with Crippen LogP contribution in [0.3, 0.4) is 0 Å². The fraction of sp³-hybridized carbons (Fsp3) is 0.360. The van der Waals surface area contributed by atoms with Crippen molar-refractivity contribution in [1.82, 2.24) is 18.7 Å². The number of aryl methyl sites for hydroxylation is 1. The minimum absolute atomic E-state index is 0.00294. The molecule has 1 unspecified atom stereocenters. The van der Waals surface area contributed by atoms with Crippen molar-refractivity contribution in [2.24, 2.45) is 12.8 Å². The quantitative estimate of drug-likeness (QED) is 0.447. The summed E-state index contributed by atoms with van der Waals surface area (Å²) in [5, 5.41) is 0.292. The number of rotatable bonds is 4. The molecule has 5 rings (SSSR count). The molecule has 1 aliphatic heterocycles. The first-order valence-electron chi connectivity index (χ1n) is 11.6. The van der Waals surface area contributed by atoms with Crippen LogP contribution in [0.5, 0.6) is 0 Å². The Morgan fingerprint density at radius 3 is 2.74 bits per heavy atom. The molecule has 35 heavy (non-hydrogen) atoms. The van der Waals surface area contributed by atoms with Gasteiger partial charge in [-0.15, -0.1) is 0 Å². The lowest BCUT2D eigenvalue weighted by Crippen LogP contribution is -2.44. The first-order valence-corrected chi connectivity index (χ1v) is 11.6. The third kappa shape index (κ3) is 3.79. The average molecular weight is 477 g/mol. The van der Waals surface area contributed by atoms with E-state index in [2.05, 4.69) is 4.90 Å². The molecule has 0 saturated carbocycles. The van der Waals surface area contributed by atoms with Gasteiger partial charge in [0.25, 0.3) is 5.56 Å². The van der Waals surface area contributed by atoms with E-state index in [0.717, 1.165) is 29.5 Å². The van der Waals surface area contributed by atoms with E-state index in [1.54, 1.807) is 35.9 Å². The molecule has 0 spiro atoms. The van der Waals surface area contributed by atoms with Crippen molar-refractivity contribution in [2.45, 2.75) is 39.3 Å². The summed E-state index contributed by atoms with van der Waals surface area (Å²) in [6, 6.07) is 6.72. The Morgan fingerprint density at radius 1 is 1.23 bits per heavy atom. The summed E-state index contributed by atoms with van der Waals surface area (Å²) >= 11 is 0. The van der Waals surface area contributed by atoms with E-state index in [1.165, 1.54) is 10.8 Å². The molecular formula is C25H28N6O4. The van der Waals surface area contributed by atoms with Crippen LogP contribution in [0.1, 0.15) is 26.7 Å². The molecule has 10 nitrogen and oxygen atoms in total. The molecule has 1 saturated heterocycles. The smallest absolute Gasteiger partial charge is 0.337 e. The Morgan fingerprint density at radius 2 is 2.00 bits per heavy atom. The van der Waals surface area contributed by atoms with Crippen molar-refractivity contribution >= 4 is 28.1 Å². The van der Waals surface area contributed by atoms with Gasteiger partial charge >= 0.3 is 5.69 Å². The number of hydrogen-bond acceptors (Lipinski definition) is 7. The normalized spacial score (nSPS) is 16.2. The summed E-state index contributed by atoms with van der Waals surface area (Å²) in [5.41, 5.74) is 6.31. The first kappa shape index (κ1) is 22.9. The van der Waals surface area contributed by atoms with E-state index in [4.69, 9.17) is 15.1 Å². The molecule has 1 aromatic carbocycles. The van der Waals surface area contributed by atoms with Gasteiger partial charge in [0.15, 0.2) is 11.2 Å². The van der Waals surface area contributed by atoms with Gasteiger partial charge in [-0.3, -0.25) is 14.2 Å². The molecule has 0 amide bonds. The Labute approximate surface area is 200 Å². The maximum Gasteiger partial charge on any atom is 0.337 e. The molecule has 182 valence electrons. The standard InChI is InChI=1S/C25H28N6O4/c1-15(2)10-12-30-20-22(27-24(30)29-11-6-7-16(26)13-29)28(3)25(34)31(23(20)33)18-14-35-19-9-5-4-8-17(19)21(18)32/h4-5,8-10,14,16H,6-7,11-13,26H2,1-3H3. The van der Waals surface area contributed by atoms with Crippen LogP contribution in [0.2, 0.25) is 0 Å². The summed E-state index contributed by atoms with van der Waals surface area (Å²) in [6.45, 7) is 5.70. The van der Waals surface area contributed by atoms with Crippen LogP contribution in [0.4, 0.5) is 5.95 Å². The van der Waals surface area contributed by atoms with E-state index >= 15 is 0 Å². The van der Waals surface area contributed by atoms with Gasteiger partial charge < -0.3 is 19.6 Å². The van der Waals surface area contributed by atoms with Crippen molar-refractivity contribution < 1.29 is 4.42 Å². The van der Waals surface area contributed by atoms with Crippen molar-refractivity contribution in [1.29, 1.82) is 0 Å². The van der Waals surface area contributed by atoms with E-state index in [-0.39, 0.29) is 22.9 Å². The van der Waals surface area contributed by atoms with Crippen molar-refractivity contribution in [2.75, 3.05) is 18.0 Å². The Hall–Kier alpha value is -3.92. The lowest BCUT2D eigenvalue weighted by molar-refractivity contribution is 0.495. The fourth-order valence-corrected chi connectivity index (χ4v) is 4.62. The maximum absolute atomic E-state index is 13.9. The van der Waals surface area contributed by atoms with Gasteiger partial charge in [0, 0.05) is 32.7 Å². The molecule has 10 heteroatoms. The van der Waals surface area contributed by atoms with Gasteiger partial charge in [-0.1, -0.05) is 23.8 Å². The van der Waals surface area contributed by atoms with Gasteiger partial charge in [0.1, 0.15) is 17.5 Å². The number of para-hydroxylation sites is 1. The zero-order valence-corrected chi connectivity index (χ0v) is 20.0. The van der Waals surface area contributed by atoms with Gasteiger partial charge in [0.2, 0.25) is 11.4 Å². The van der Waals surface area contributed by atoms with E-state index in [1.807, 2.05) is 19.9 Å². The lowest BCUT2D eigenvalue weighted by Gasteiger charge is -2.31. The van der Waals surface area contributed by atoms with Gasteiger partial charge in [0.05, 0.1) is 5.39 Å². The van der Waals surface area contributed by atoms with Crippen LogP contribution < -0.4 is 27.3 Å². The number of aromatic nitrogens is 4. The number of piperidine rings is 1. The van der Waals surface area contributed by atoms with E-state index in [9.17, 15) is 14.4 Å². The number of nitrogens with two attached hydrogens (primary N) is 1. The highest BCUT2D eigenvalue weighted by atomic mass is 16.3. The fourth-order valence-electron chi connectivity index (χ4n) is 4.62. The van der Waals surface area contributed by atoms with E-state index in [0.29, 0.717) is 30.0 Å². The highest BCUT2D eigenvalue weighted by molar-refractivity contribution is 5.79. The van der Waals surface area contributed by atoms with Gasteiger partial charge in [-0.2, -0.15) is 4.98 Å². The monoisotopic (exact) mass is 476 g/mol. The third-order valence-electron chi connectivity index (χ3n) is 6.46. The van der Waals surface area contributed by atoms with Gasteiger partial charge in [-0.25, -0.2) is 9.36 Å². The molecule has 0 bridgehead atoms. The Bertz CT molecular complexity index is 1650. The molecule has 1 fully saturated rings. The van der Waals surface area contributed by atoms with Crippen molar-refractivity contribution in [3.05, 3.63) is 73.2 Å². The summed E-state index contributed by atoms with van der Waals surface area (Å²) in [5.74, 6) is 0.586. The molecule has 1 atom stereocenters. The number of allylic oxidation sites excluding steroid dienone is 2. The average Bonchev–Trinajstić information content (AvgIpc) is 3.23. The topological polar surface area (TPSA) is 121 Å². The second-order valence-corrected chi connectivity index (χ2v) is 9.25. The second kappa shape index (κ2) is 8.70. The first-order chi connectivity index (χ1) is 16.8. The Kier molecular flexibility index (Phi) is 5.68. The number of hydrogen-bond donors (Lipinski definition) is 1. The molecule has 0 radical (unpaired) electrons. The number of nitrogens with zero attached hydrogens (tertiary/aromatic N) is 5. The van der Waals surface area contributed by atoms with E-state index < -0.39 is 16.7 Å². The molecule has 4 heterocycles. The largest absolute Gasteiger partial charge is 0.462 e. The number of imidazole rings is 1. The molecular weight excluding hydrogens is 448 g/mol. The number of benzene rings is 1. The zero-order valence-electron chi connectivity index (χ0n) is 20.0. The Balaban J connectivity index is 1.83. The SMILES string of the molecule is CC(C)=CCn1c(N2CCCC(N)C2)nc2c1c(=O)n(-c1coc3ccccc3c1=O)c(=O)n2C. The maximum atomic E-state index is 13.9. The second-order valence-electron chi connectivity index (χ2n) is 9.25. The minimum atomic E-state index is -0.668. The van der Waals surface area contributed by atoms with Crippen LogP contribution in [0.15, 0.2) is 61.0 Å². The molecule has 1 aliphatic rings. The predicted molar refractivity (Wildman–Crippen MR) is 135 cm³/mol. The predicted octanol–water partition coefficient (Wildman–Crippen LogP) is 1.89. The lowest BCUT2D eigenvalue weighted by atomic mass is 10.1. The van der Waals surface area contributed by atoms with Crippen LogP contribution in [0.25, 0.3) is 27.8 Å². The summed E-state index contributed by atoms with van der Waals surface area (Å²) in [7, 11) is 1.55. The summed E-state index contributed by atoms with van der Waals surface area (Å²) in [4.78, 5) is 47.3. The summed E-state index contributed by atoms with van der Waals surface area (Å²) < 4.78 is 9.59. The number of anilines is 1. The molecule has 0 aliphatic carbocycles. The highest BCUT2D eigenvalue weighted by Crippen LogP contribution is 2.23. The molecule has 3 aromatic heterocycles. The van der Waals surface area contributed by atoms with Crippen LogP contribution in [-0.4, -0.2) is 37.8 Å². The highest BCUT2D eigenvalue weighted by Gasteiger charge is 2.27. The minimum Gasteiger partial charge on any atom is -0.462 e. The molecule has 2 N–H and O–H groups in total. The third-order valence-corrected chi connectivity index (χ3v) is 6.46. The molecule has 4 aromatic rings. The van der Waals surface area contributed by atoms with Crippen LogP contribution in [0, 0.1) is 0 Å². The van der Waals surface area contributed by atoms with Crippen LogP contribution >= 0.6 is 0 Å². The summed E-state index contributed by atoms with van der Waals surface area (Å²) in [6.07, 6.45) is 5.00. The van der Waals surface area contributed by atoms with Crippen LogP contribution in [-0.2, 0) is 13.6 Å². The number of fused-ring (bicyclic) bond motifs is 2. The van der Waals surface area contributed by atoms with Gasteiger partial charge in [-0.05, 0) is 38.8 Å². The zero-order chi connectivity index (χ0) is 24.9. The van der Waals surface area contributed by atoms with Crippen molar-refractivity contribution in [3.8, 4) is 5.69 Å². The van der Waals surface area contributed by atoms with Crippen molar-refractivity contribution in [3.63, 3.8) is 0 Å².